The highest BCUT2D eigenvalue weighted by atomic mass is 79.9. The molecule has 2 aromatic rings. The van der Waals surface area contributed by atoms with Gasteiger partial charge in [-0.1, -0.05) is 15.9 Å². The van der Waals surface area contributed by atoms with Crippen LogP contribution in [-0.4, -0.2) is 33.5 Å². The third-order valence-electron chi connectivity index (χ3n) is 3.29. The number of H-pyrrole nitrogens is 1. The van der Waals surface area contributed by atoms with Gasteiger partial charge in [-0.05, 0) is 24.3 Å². The first-order chi connectivity index (χ1) is 10.1. The largest absolute Gasteiger partial charge is 0.312 e. The van der Waals surface area contributed by atoms with Gasteiger partial charge in [-0.25, -0.2) is 5.10 Å². The Morgan fingerprint density at radius 2 is 2.14 bits per heavy atom. The third kappa shape index (κ3) is 2.94. The maximum Gasteiger partial charge on any atom is 0.232 e. The van der Waals surface area contributed by atoms with E-state index in [1.54, 1.807) is 4.90 Å². The van der Waals surface area contributed by atoms with Gasteiger partial charge < -0.3 is 4.90 Å². The van der Waals surface area contributed by atoms with Gasteiger partial charge in [0.1, 0.15) is 6.33 Å². The van der Waals surface area contributed by atoms with Crippen LogP contribution in [-0.2, 0) is 9.59 Å². The zero-order valence-corrected chi connectivity index (χ0v) is 12.5. The maximum absolute atomic E-state index is 12.1. The summed E-state index contributed by atoms with van der Waals surface area (Å²) in [5, 5.41) is 8.82. The Bertz CT molecular complexity index is 656. The molecule has 21 heavy (non-hydrogen) atoms. The van der Waals surface area contributed by atoms with Crippen LogP contribution < -0.4 is 10.2 Å². The van der Waals surface area contributed by atoms with Gasteiger partial charge >= 0.3 is 0 Å². The van der Waals surface area contributed by atoms with E-state index in [0.717, 1.165) is 10.2 Å². The van der Waals surface area contributed by atoms with Gasteiger partial charge in [0, 0.05) is 23.1 Å². The first-order valence-electron chi connectivity index (χ1n) is 6.35. The predicted octanol–water partition coefficient (Wildman–Crippen LogP) is 1.56. The molecule has 2 N–H and O–H groups in total. The fraction of sp³-hybridized carbons (Fsp3) is 0.231. The Morgan fingerprint density at radius 3 is 2.81 bits per heavy atom. The molecular formula is C13H12BrN5O2. The van der Waals surface area contributed by atoms with E-state index in [1.165, 1.54) is 6.33 Å². The second kappa shape index (κ2) is 5.65. The number of carbonyl (C=O) groups excluding carboxylic acids is 2. The monoisotopic (exact) mass is 349 g/mol. The summed E-state index contributed by atoms with van der Waals surface area (Å²) in [7, 11) is 0. The average Bonchev–Trinajstić information content (AvgIpc) is 3.09. The molecule has 8 heteroatoms. The molecule has 1 fully saturated rings. The van der Waals surface area contributed by atoms with Crippen molar-refractivity contribution in [1.29, 1.82) is 0 Å². The van der Waals surface area contributed by atoms with Crippen molar-refractivity contribution < 1.29 is 9.59 Å². The number of hydrogen-bond donors (Lipinski definition) is 2. The fourth-order valence-corrected chi connectivity index (χ4v) is 2.50. The molecule has 0 spiro atoms. The van der Waals surface area contributed by atoms with Crippen LogP contribution in [0.2, 0.25) is 0 Å². The summed E-state index contributed by atoms with van der Waals surface area (Å²) in [4.78, 5) is 29.6. The molecule has 108 valence electrons. The summed E-state index contributed by atoms with van der Waals surface area (Å²) in [6.45, 7) is 0.362. The van der Waals surface area contributed by atoms with Crippen molar-refractivity contribution in [3.8, 4) is 0 Å². The quantitative estimate of drug-likeness (QED) is 0.879. The second-order valence-corrected chi connectivity index (χ2v) is 5.62. The normalized spacial score (nSPS) is 18.0. The molecule has 7 nitrogen and oxygen atoms in total. The first-order valence-corrected chi connectivity index (χ1v) is 7.15. The second-order valence-electron chi connectivity index (χ2n) is 4.71. The molecule has 3 rings (SSSR count). The number of aromatic nitrogens is 3. The molecule has 0 unspecified atom stereocenters. The molecule has 1 aliphatic rings. The van der Waals surface area contributed by atoms with Crippen molar-refractivity contribution in [1.82, 2.24) is 15.2 Å². The van der Waals surface area contributed by atoms with Gasteiger partial charge in [0.15, 0.2) is 0 Å². The highest BCUT2D eigenvalue weighted by molar-refractivity contribution is 9.10. The van der Waals surface area contributed by atoms with Gasteiger partial charge in [0.05, 0.1) is 5.92 Å². The number of nitrogens with zero attached hydrogens (tertiary/aromatic N) is 3. The Morgan fingerprint density at radius 1 is 1.38 bits per heavy atom. The van der Waals surface area contributed by atoms with Gasteiger partial charge in [-0.2, -0.15) is 10.1 Å². The topological polar surface area (TPSA) is 91.0 Å². The van der Waals surface area contributed by atoms with E-state index in [1.807, 2.05) is 24.3 Å². The van der Waals surface area contributed by atoms with Crippen LogP contribution in [0.3, 0.4) is 0 Å². The number of hydrogen-bond acceptors (Lipinski definition) is 4. The summed E-state index contributed by atoms with van der Waals surface area (Å²) in [6, 6.07) is 7.42. The van der Waals surface area contributed by atoms with Crippen LogP contribution in [0.5, 0.6) is 0 Å². The molecule has 1 saturated heterocycles. The maximum atomic E-state index is 12.1. The Kier molecular flexibility index (Phi) is 3.70. The van der Waals surface area contributed by atoms with Crippen LogP contribution in [0.1, 0.15) is 6.42 Å². The molecule has 1 atom stereocenters. The van der Waals surface area contributed by atoms with Gasteiger partial charge in [0.25, 0.3) is 0 Å². The fourth-order valence-electron chi connectivity index (χ4n) is 2.24. The summed E-state index contributed by atoms with van der Waals surface area (Å²) in [5.41, 5.74) is 0.790. The molecule has 0 bridgehead atoms. The van der Waals surface area contributed by atoms with E-state index in [9.17, 15) is 9.59 Å². The van der Waals surface area contributed by atoms with E-state index in [4.69, 9.17) is 0 Å². The molecule has 0 saturated carbocycles. The lowest BCUT2D eigenvalue weighted by molar-refractivity contribution is -0.122. The molecule has 1 aliphatic heterocycles. The number of benzene rings is 1. The lowest BCUT2D eigenvalue weighted by Crippen LogP contribution is -2.28. The van der Waals surface area contributed by atoms with Crippen LogP contribution >= 0.6 is 15.9 Å². The number of carbonyl (C=O) groups is 2. The van der Waals surface area contributed by atoms with Gasteiger partial charge in [-0.3, -0.25) is 14.9 Å². The molecule has 1 aromatic heterocycles. The molecule has 2 heterocycles. The number of halogens is 1. The van der Waals surface area contributed by atoms with E-state index in [-0.39, 0.29) is 24.2 Å². The van der Waals surface area contributed by atoms with Crippen molar-refractivity contribution in [2.45, 2.75) is 6.42 Å². The zero-order chi connectivity index (χ0) is 14.8. The van der Waals surface area contributed by atoms with Crippen LogP contribution in [0.25, 0.3) is 0 Å². The number of amides is 2. The molecule has 0 radical (unpaired) electrons. The third-order valence-corrected chi connectivity index (χ3v) is 3.82. The standard InChI is InChI=1S/C13H12BrN5O2/c14-9-1-3-10(4-2-9)19-6-8(5-11(19)20)12(21)17-13-15-7-16-18-13/h1-4,7-8H,5-6H2,(H2,15,16,17,18,21)/t8-/m0/s1. The zero-order valence-electron chi connectivity index (χ0n) is 10.9. The van der Waals surface area contributed by atoms with Crippen molar-refractivity contribution in [3.63, 3.8) is 0 Å². The highest BCUT2D eigenvalue weighted by Gasteiger charge is 2.35. The van der Waals surface area contributed by atoms with Crippen LogP contribution in [0.4, 0.5) is 11.6 Å². The summed E-state index contributed by atoms with van der Waals surface area (Å²) in [6.07, 6.45) is 1.50. The lowest BCUT2D eigenvalue weighted by atomic mass is 10.1. The molecular weight excluding hydrogens is 338 g/mol. The minimum atomic E-state index is -0.397. The first kappa shape index (κ1) is 13.7. The Balaban J connectivity index is 1.69. The minimum absolute atomic E-state index is 0.0601. The van der Waals surface area contributed by atoms with Crippen molar-refractivity contribution in [3.05, 3.63) is 35.1 Å². The molecule has 2 amide bonds. The van der Waals surface area contributed by atoms with Crippen molar-refractivity contribution in [2.75, 3.05) is 16.8 Å². The smallest absolute Gasteiger partial charge is 0.232 e. The number of aromatic amines is 1. The van der Waals surface area contributed by atoms with E-state index in [0.29, 0.717) is 6.54 Å². The van der Waals surface area contributed by atoms with Gasteiger partial charge in [0.2, 0.25) is 17.8 Å². The number of anilines is 2. The highest BCUT2D eigenvalue weighted by Crippen LogP contribution is 2.26. The predicted molar refractivity (Wildman–Crippen MR) is 79.6 cm³/mol. The lowest BCUT2D eigenvalue weighted by Gasteiger charge is -2.16. The number of nitrogens with one attached hydrogen (secondary N) is 2. The van der Waals surface area contributed by atoms with Crippen LogP contribution in [0.15, 0.2) is 35.1 Å². The molecule has 1 aromatic carbocycles. The molecule has 0 aliphatic carbocycles. The summed E-state index contributed by atoms with van der Waals surface area (Å²) >= 11 is 3.35. The Hall–Kier alpha value is -2.22. The van der Waals surface area contributed by atoms with Crippen molar-refractivity contribution in [2.24, 2.45) is 5.92 Å². The van der Waals surface area contributed by atoms with E-state index >= 15 is 0 Å². The van der Waals surface area contributed by atoms with Crippen molar-refractivity contribution >= 4 is 39.4 Å². The van der Waals surface area contributed by atoms with Gasteiger partial charge in [-0.15, -0.1) is 0 Å². The average molecular weight is 350 g/mol. The van der Waals surface area contributed by atoms with E-state index < -0.39 is 5.92 Å². The SMILES string of the molecule is O=C(Nc1ncn[nH]1)[C@H]1CC(=O)N(c2ccc(Br)cc2)C1. The van der Waals surface area contributed by atoms with E-state index in [2.05, 4.69) is 36.4 Å². The summed E-state index contributed by atoms with van der Waals surface area (Å²) in [5.74, 6) is -0.407. The minimum Gasteiger partial charge on any atom is -0.312 e. The van der Waals surface area contributed by atoms with Crippen LogP contribution in [0, 0.1) is 5.92 Å². The number of rotatable bonds is 3. The summed E-state index contributed by atoms with van der Waals surface area (Å²) < 4.78 is 0.942. The Labute approximate surface area is 128 Å².